The molecule has 180 valence electrons. The molecule has 0 bridgehead atoms. The first-order valence-corrected chi connectivity index (χ1v) is 13.0. The second kappa shape index (κ2) is 14.9. The highest BCUT2D eigenvalue weighted by Gasteiger charge is 2.29. The van der Waals surface area contributed by atoms with Gasteiger partial charge in [-0.2, -0.15) is 0 Å². The van der Waals surface area contributed by atoms with E-state index in [0.717, 1.165) is 53.9 Å². The van der Waals surface area contributed by atoms with Crippen LogP contribution in [0.2, 0.25) is 0 Å². The number of carbonyl (C=O) groups is 1. The summed E-state index contributed by atoms with van der Waals surface area (Å²) in [4.78, 5) is 27.5. The van der Waals surface area contributed by atoms with E-state index in [4.69, 9.17) is 0 Å². The van der Waals surface area contributed by atoms with Crippen LogP contribution in [0.3, 0.4) is 0 Å². The van der Waals surface area contributed by atoms with Crippen LogP contribution in [0.25, 0.3) is 0 Å². The predicted octanol–water partition coefficient (Wildman–Crippen LogP) is 2.98. The van der Waals surface area contributed by atoms with E-state index in [1.807, 2.05) is 17.8 Å². The second-order valence-electron chi connectivity index (χ2n) is 8.27. The minimum atomic E-state index is -0.881. The van der Waals surface area contributed by atoms with Crippen molar-refractivity contribution >= 4 is 35.0 Å². The largest absolute Gasteiger partial charge is 1.00 e. The smallest absolute Gasteiger partial charge is 1.00 e. The lowest BCUT2D eigenvalue weighted by molar-refractivity contribution is -0.138. The summed E-state index contributed by atoms with van der Waals surface area (Å²) in [6.45, 7) is 9.51. The Morgan fingerprint density at radius 3 is 2.41 bits per heavy atom. The van der Waals surface area contributed by atoms with E-state index >= 15 is 0 Å². The summed E-state index contributed by atoms with van der Waals surface area (Å²) in [6.07, 6.45) is 13.1. The minimum absolute atomic E-state index is 0. The van der Waals surface area contributed by atoms with Crippen LogP contribution in [0, 0.1) is 0 Å². The molecule has 6 nitrogen and oxygen atoms in total. The number of unbranched alkanes of at least 4 members (excludes halogenated alkanes) is 5. The molecule has 0 radical (unpaired) electrons. The third kappa shape index (κ3) is 9.75. The molecule has 9 heteroatoms. The Morgan fingerprint density at radius 2 is 1.78 bits per heavy atom. The molecular formula is C23H37BrN4O2S2. The molecule has 0 saturated heterocycles. The lowest BCUT2D eigenvalue weighted by Gasteiger charge is -2.22. The maximum absolute atomic E-state index is 11.4. The third-order valence-electron chi connectivity index (χ3n) is 5.19. The molecule has 0 aliphatic heterocycles. The number of rotatable bonds is 15. The number of hydrogen-bond acceptors (Lipinski definition) is 7. The first-order chi connectivity index (χ1) is 14.9. The Morgan fingerprint density at radius 1 is 1.12 bits per heavy atom. The molecule has 0 saturated carbocycles. The number of aliphatic carboxylic acids is 1. The first kappa shape index (κ1) is 28.8. The number of anilines is 1. The Bertz CT molecular complexity index is 806. The molecule has 1 N–H and O–H groups in total. The van der Waals surface area contributed by atoms with E-state index in [1.165, 1.54) is 55.2 Å². The molecule has 0 spiro atoms. The molecular weight excluding hydrogens is 508 g/mol. The molecule has 2 aromatic heterocycles. The molecule has 0 aliphatic rings. The van der Waals surface area contributed by atoms with Gasteiger partial charge in [0.25, 0.3) is 0 Å². The summed E-state index contributed by atoms with van der Waals surface area (Å²) in [5.74, 6) is -0.0466. The topological polar surface area (TPSA) is 79.2 Å². The zero-order chi connectivity index (χ0) is 22.7. The summed E-state index contributed by atoms with van der Waals surface area (Å²) in [6, 6.07) is 0. The van der Waals surface area contributed by atoms with E-state index < -0.39 is 10.7 Å². The van der Waals surface area contributed by atoms with Crippen molar-refractivity contribution in [2.24, 2.45) is 0 Å². The van der Waals surface area contributed by atoms with Crippen molar-refractivity contribution in [3.05, 3.63) is 29.0 Å². The number of aryl methyl sites for hydroxylation is 1. The molecule has 0 amide bonds. The Hall–Kier alpha value is -1.19. The number of aromatic nitrogens is 3. The van der Waals surface area contributed by atoms with E-state index in [9.17, 15) is 9.90 Å². The Labute approximate surface area is 212 Å². The standard InChI is InChI=1S/C23H36N4O2S2.BrH/c1-5-7-8-9-10-11-13-27(21-24-15-18(6-2)16-25-21)14-12-19-17-30-22(26-19)31-23(3,4)20(28)29;/h15-17H,5-14H2,1-4H3,(H,28,29);1H. The fourth-order valence-corrected chi connectivity index (χ4v) is 5.28. The van der Waals surface area contributed by atoms with Crippen LogP contribution in [-0.2, 0) is 17.6 Å². The number of thiazole rings is 1. The average molecular weight is 546 g/mol. The predicted molar refractivity (Wildman–Crippen MR) is 132 cm³/mol. The molecule has 0 aromatic carbocycles. The lowest BCUT2D eigenvalue weighted by atomic mass is 10.1. The molecule has 2 aromatic rings. The summed E-state index contributed by atoms with van der Waals surface area (Å²) >= 11 is 2.82. The van der Waals surface area contributed by atoms with E-state index in [-0.39, 0.29) is 18.4 Å². The zero-order valence-corrected chi connectivity index (χ0v) is 22.9. The quantitative estimate of drug-likeness (QED) is 0.272. The molecule has 2 rings (SSSR count). The van der Waals surface area contributed by atoms with Gasteiger partial charge in [0.15, 0.2) is 4.34 Å². The number of carboxylic acid groups (broad SMARTS) is 1. The number of carboxylic acids is 1. The highest BCUT2D eigenvalue weighted by Crippen LogP contribution is 2.34. The fraction of sp³-hybridized carbons (Fsp3) is 0.652. The van der Waals surface area contributed by atoms with Gasteiger partial charge in [0, 0.05) is 37.3 Å². The van der Waals surface area contributed by atoms with Crippen LogP contribution in [0.4, 0.5) is 5.95 Å². The van der Waals surface area contributed by atoms with E-state index in [2.05, 4.69) is 33.7 Å². The third-order valence-corrected chi connectivity index (χ3v) is 7.36. The fourth-order valence-electron chi connectivity index (χ4n) is 3.05. The van der Waals surface area contributed by atoms with Crippen LogP contribution < -0.4 is 21.9 Å². The highest BCUT2D eigenvalue weighted by atomic mass is 79.9. The molecule has 2 heterocycles. The van der Waals surface area contributed by atoms with Crippen molar-refractivity contribution in [2.45, 2.75) is 88.1 Å². The summed E-state index contributed by atoms with van der Waals surface area (Å²) in [5, 5.41) is 11.4. The number of hydrogen-bond donors (Lipinski definition) is 1. The molecule has 0 unspecified atom stereocenters. The van der Waals surface area contributed by atoms with Gasteiger partial charge in [-0.3, -0.25) is 4.79 Å². The number of halogens is 1. The van der Waals surface area contributed by atoms with Crippen molar-refractivity contribution in [1.82, 2.24) is 15.0 Å². The van der Waals surface area contributed by atoms with Gasteiger partial charge in [-0.15, -0.1) is 11.3 Å². The summed E-state index contributed by atoms with van der Waals surface area (Å²) in [7, 11) is 0. The minimum Gasteiger partial charge on any atom is -1.00 e. The second-order valence-corrected chi connectivity index (χ2v) is 11.0. The number of thioether (sulfide) groups is 1. The maximum atomic E-state index is 11.4. The van der Waals surface area contributed by atoms with Gasteiger partial charge in [0.1, 0.15) is 4.75 Å². The van der Waals surface area contributed by atoms with E-state index in [0.29, 0.717) is 0 Å². The maximum Gasteiger partial charge on any atom is 1.00 e. The molecule has 0 fully saturated rings. The van der Waals surface area contributed by atoms with Crippen molar-refractivity contribution in [1.29, 1.82) is 0 Å². The lowest BCUT2D eigenvalue weighted by Crippen LogP contribution is -3.00. The zero-order valence-electron chi connectivity index (χ0n) is 20.6. The normalized spacial score (nSPS) is 11.2. The highest BCUT2D eigenvalue weighted by molar-refractivity contribution is 8.02. The summed E-state index contributed by atoms with van der Waals surface area (Å²) < 4.78 is -0.0817. The van der Waals surface area contributed by atoms with Gasteiger partial charge in [0.05, 0.1) is 5.69 Å². The van der Waals surface area contributed by atoms with Gasteiger partial charge in [-0.05, 0) is 32.3 Å². The van der Waals surface area contributed by atoms with Crippen molar-refractivity contribution in [2.75, 3.05) is 18.0 Å². The van der Waals surface area contributed by atoms with Crippen molar-refractivity contribution in [3.8, 4) is 0 Å². The summed E-state index contributed by atoms with van der Waals surface area (Å²) in [5.41, 5.74) is 2.14. The van der Waals surface area contributed by atoms with Crippen LogP contribution in [0.15, 0.2) is 22.1 Å². The van der Waals surface area contributed by atoms with Gasteiger partial charge in [-0.1, -0.05) is 57.7 Å². The Kier molecular flexibility index (Phi) is 13.4. The molecule has 0 aliphatic carbocycles. The van der Waals surface area contributed by atoms with E-state index in [1.54, 1.807) is 13.8 Å². The molecule has 0 atom stereocenters. The van der Waals surface area contributed by atoms with Gasteiger partial charge >= 0.3 is 7.40 Å². The Balaban J connectivity index is 0.00000512. The van der Waals surface area contributed by atoms with Crippen LogP contribution in [0.5, 0.6) is 0 Å². The van der Waals surface area contributed by atoms with Gasteiger partial charge < -0.3 is 27.0 Å². The molecule has 32 heavy (non-hydrogen) atoms. The SMILES string of the molecule is CCCCCCCCN(CCc1csc(SC(C)(C)C(=O)O)n1)c1ncc(CC)cn1.[Br-].[H+]. The van der Waals surface area contributed by atoms with Crippen molar-refractivity contribution < 1.29 is 28.3 Å². The van der Waals surface area contributed by atoms with Crippen molar-refractivity contribution in [3.63, 3.8) is 0 Å². The van der Waals surface area contributed by atoms with Crippen LogP contribution in [0.1, 0.15) is 78.9 Å². The van der Waals surface area contributed by atoms with Gasteiger partial charge in [-0.25, -0.2) is 15.0 Å². The van der Waals surface area contributed by atoms with Gasteiger partial charge in [0.2, 0.25) is 5.95 Å². The first-order valence-electron chi connectivity index (χ1n) is 11.3. The monoisotopic (exact) mass is 544 g/mol. The average Bonchev–Trinajstić information content (AvgIpc) is 3.19. The van der Waals surface area contributed by atoms with Crippen LogP contribution in [-0.4, -0.2) is 43.9 Å². The van der Waals surface area contributed by atoms with Crippen LogP contribution >= 0.6 is 23.1 Å². The number of nitrogens with zero attached hydrogens (tertiary/aromatic N) is 4.